The molecule has 2 heterocycles. The van der Waals surface area contributed by atoms with Crippen molar-refractivity contribution < 1.29 is 0 Å². The molecule has 3 aromatic rings. The average Bonchev–Trinajstić information content (AvgIpc) is 2.81. The Morgan fingerprint density at radius 1 is 1.21 bits per heavy atom. The van der Waals surface area contributed by atoms with E-state index in [2.05, 4.69) is 41.2 Å². The van der Waals surface area contributed by atoms with Crippen molar-refractivity contribution >= 4 is 21.9 Å². The maximum atomic E-state index is 4.77. The summed E-state index contributed by atoms with van der Waals surface area (Å²) in [6.07, 6.45) is 8.19. The molecule has 0 saturated heterocycles. The van der Waals surface area contributed by atoms with Crippen LogP contribution in [-0.2, 0) is 0 Å². The predicted molar refractivity (Wildman–Crippen MR) is 77.0 cm³/mol. The van der Waals surface area contributed by atoms with E-state index in [1.165, 1.54) is 5.57 Å². The third kappa shape index (κ3) is 1.51. The van der Waals surface area contributed by atoms with Crippen molar-refractivity contribution in [3.63, 3.8) is 0 Å². The third-order valence-corrected chi connectivity index (χ3v) is 3.73. The fraction of sp³-hybridized carbons (Fsp3) is 0.125. The molecule has 3 nitrogen and oxygen atoms in total. The van der Waals surface area contributed by atoms with E-state index in [1.54, 1.807) is 0 Å². The third-order valence-electron chi connectivity index (χ3n) is 3.73. The van der Waals surface area contributed by atoms with Crippen molar-refractivity contribution in [3.05, 3.63) is 60.1 Å². The number of nitrogens with zero attached hydrogens (tertiary/aromatic N) is 2. The summed E-state index contributed by atoms with van der Waals surface area (Å²) in [5, 5.41) is 1.10. The van der Waals surface area contributed by atoms with Crippen molar-refractivity contribution in [2.45, 2.75) is 12.8 Å². The van der Waals surface area contributed by atoms with E-state index in [1.807, 2.05) is 24.4 Å². The molecular weight excluding hydrogens is 234 g/mol. The van der Waals surface area contributed by atoms with E-state index in [0.29, 0.717) is 5.92 Å². The monoisotopic (exact) mass is 247 g/mol. The minimum atomic E-state index is 0.302. The van der Waals surface area contributed by atoms with Crippen LogP contribution in [0.4, 0.5) is 0 Å². The molecule has 3 heteroatoms. The van der Waals surface area contributed by atoms with Gasteiger partial charge in [-0.25, -0.2) is 4.98 Å². The molecule has 0 amide bonds. The van der Waals surface area contributed by atoms with Gasteiger partial charge < -0.3 is 4.98 Å². The minimum Gasteiger partial charge on any atom is -0.340 e. The van der Waals surface area contributed by atoms with Crippen LogP contribution in [0, 0.1) is 0 Å². The van der Waals surface area contributed by atoms with Crippen LogP contribution in [0.1, 0.15) is 18.7 Å². The van der Waals surface area contributed by atoms with Crippen molar-refractivity contribution in [1.82, 2.24) is 15.0 Å². The van der Waals surface area contributed by atoms with Gasteiger partial charge in [0, 0.05) is 11.3 Å². The highest BCUT2D eigenvalue weighted by atomic mass is 14.9. The first-order chi connectivity index (χ1) is 9.33. The predicted octanol–water partition coefficient (Wildman–Crippen LogP) is 3.71. The number of aromatic nitrogens is 3. The first kappa shape index (κ1) is 10.5. The normalized spacial score (nSPS) is 15.5. The van der Waals surface area contributed by atoms with Gasteiger partial charge in [0.15, 0.2) is 0 Å². The molecule has 2 aromatic heterocycles. The summed E-state index contributed by atoms with van der Waals surface area (Å²) in [6, 6.07) is 8.12. The smallest absolute Gasteiger partial charge is 0.114 e. The summed E-state index contributed by atoms with van der Waals surface area (Å²) >= 11 is 0. The molecule has 1 atom stereocenters. The van der Waals surface area contributed by atoms with Crippen LogP contribution in [0.25, 0.3) is 21.9 Å². The molecular formula is C16H13N3. The molecule has 0 fully saturated rings. The molecule has 4 rings (SSSR count). The fourth-order valence-corrected chi connectivity index (χ4v) is 2.48. The Balaban J connectivity index is 1.93. The van der Waals surface area contributed by atoms with Crippen LogP contribution >= 0.6 is 0 Å². The van der Waals surface area contributed by atoms with E-state index >= 15 is 0 Å². The van der Waals surface area contributed by atoms with Gasteiger partial charge in [-0.15, -0.1) is 0 Å². The number of imidazole rings is 1. The highest BCUT2D eigenvalue weighted by Gasteiger charge is 2.16. The lowest BCUT2D eigenvalue weighted by Gasteiger charge is -2.13. The molecule has 1 aliphatic carbocycles. The molecule has 19 heavy (non-hydrogen) atoms. The highest BCUT2D eigenvalue weighted by molar-refractivity contribution is 6.01. The number of para-hydroxylation sites is 1. The average molecular weight is 247 g/mol. The minimum absolute atomic E-state index is 0.302. The van der Waals surface area contributed by atoms with E-state index < -0.39 is 0 Å². The second-order valence-electron chi connectivity index (χ2n) is 4.91. The largest absolute Gasteiger partial charge is 0.340 e. The molecule has 1 N–H and O–H groups in total. The van der Waals surface area contributed by atoms with Gasteiger partial charge in [-0.05, 0) is 11.6 Å². The molecule has 0 unspecified atom stereocenters. The standard InChI is InChI=1S/C16H13N3/c1-10(11-5-4-6-11)16-18-14-9-17-13-8-3-2-7-12(13)15(14)19-16/h2-10H,1H3,(H,18,19)/t10-/m0/s1. The summed E-state index contributed by atoms with van der Waals surface area (Å²) < 4.78 is 0. The van der Waals surface area contributed by atoms with Crippen LogP contribution in [0.5, 0.6) is 0 Å². The van der Waals surface area contributed by atoms with Crippen LogP contribution in [0.15, 0.2) is 54.3 Å². The van der Waals surface area contributed by atoms with Gasteiger partial charge in [0.1, 0.15) is 5.82 Å². The Morgan fingerprint density at radius 2 is 2.05 bits per heavy atom. The topological polar surface area (TPSA) is 41.6 Å². The highest BCUT2D eigenvalue weighted by Crippen LogP contribution is 2.29. The van der Waals surface area contributed by atoms with E-state index in [4.69, 9.17) is 4.98 Å². The van der Waals surface area contributed by atoms with Gasteiger partial charge in [0.2, 0.25) is 0 Å². The van der Waals surface area contributed by atoms with Crippen molar-refractivity contribution in [2.24, 2.45) is 0 Å². The van der Waals surface area contributed by atoms with E-state index in [0.717, 1.165) is 27.8 Å². The van der Waals surface area contributed by atoms with Crippen LogP contribution < -0.4 is 0 Å². The van der Waals surface area contributed by atoms with Gasteiger partial charge in [-0.3, -0.25) is 4.98 Å². The summed E-state index contributed by atoms with van der Waals surface area (Å²) in [5.41, 5.74) is 4.32. The first-order valence-electron chi connectivity index (χ1n) is 6.44. The van der Waals surface area contributed by atoms with Gasteiger partial charge in [0.05, 0.1) is 22.7 Å². The molecule has 0 spiro atoms. The van der Waals surface area contributed by atoms with Crippen molar-refractivity contribution in [3.8, 4) is 0 Å². The number of hydrogen-bond acceptors (Lipinski definition) is 2. The van der Waals surface area contributed by atoms with Crippen LogP contribution in [-0.4, -0.2) is 15.0 Å². The number of rotatable bonds is 2. The number of fused-ring (bicyclic) bond motifs is 3. The van der Waals surface area contributed by atoms with Crippen molar-refractivity contribution in [2.75, 3.05) is 0 Å². The Labute approximate surface area is 110 Å². The number of nitrogens with one attached hydrogen (secondary N) is 1. The lowest BCUT2D eigenvalue weighted by atomic mass is 9.94. The van der Waals surface area contributed by atoms with Crippen LogP contribution in [0.3, 0.4) is 0 Å². The summed E-state index contributed by atoms with van der Waals surface area (Å²) in [4.78, 5) is 12.6. The summed E-state index contributed by atoms with van der Waals surface area (Å²) in [7, 11) is 0. The zero-order valence-electron chi connectivity index (χ0n) is 10.6. The SMILES string of the molecule is C[C@@H](C1=CC=C1)c1nc2c(cnc3ccccc32)[nH]1. The maximum absolute atomic E-state index is 4.77. The Kier molecular flexibility index (Phi) is 2.09. The summed E-state index contributed by atoms with van der Waals surface area (Å²) in [6.45, 7) is 2.17. The lowest BCUT2D eigenvalue weighted by molar-refractivity contribution is 0.838. The van der Waals surface area contributed by atoms with Gasteiger partial charge in [-0.1, -0.05) is 43.4 Å². The second kappa shape index (κ2) is 3.79. The number of hydrogen-bond donors (Lipinski definition) is 1. The fourth-order valence-electron chi connectivity index (χ4n) is 2.48. The van der Waals surface area contributed by atoms with E-state index in [-0.39, 0.29) is 0 Å². The Hall–Kier alpha value is -2.42. The number of allylic oxidation sites excluding steroid dienone is 4. The van der Waals surface area contributed by atoms with Gasteiger partial charge in [0.25, 0.3) is 0 Å². The molecule has 92 valence electrons. The molecule has 0 radical (unpaired) electrons. The molecule has 0 aliphatic heterocycles. The van der Waals surface area contributed by atoms with Crippen molar-refractivity contribution in [1.29, 1.82) is 0 Å². The Bertz CT molecular complexity index is 839. The molecule has 0 saturated carbocycles. The first-order valence-corrected chi connectivity index (χ1v) is 6.44. The second-order valence-corrected chi connectivity index (χ2v) is 4.91. The lowest BCUT2D eigenvalue weighted by Crippen LogP contribution is -2.01. The Morgan fingerprint density at radius 3 is 2.84 bits per heavy atom. The number of pyridine rings is 1. The molecule has 1 aromatic carbocycles. The van der Waals surface area contributed by atoms with Crippen LogP contribution in [0.2, 0.25) is 0 Å². The van der Waals surface area contributed by atoms with E-state index in [9.17, 15) is 0 Å². The van der Waals surface area contributed by atoms with Gasteiger partial charge >= 0.3 is 0 Å². The number of benzene rings is 1. The number of H-pyrrole nitrogens is 1. The molecule has 1 aliphatic rings. The van der Waals surface area contributed by atoms with Gasteiger partial charge in [-0.2, -0.15) is 0 Å². The zero-order valence-corrected chi connectivity index (χ0v) is 10.6. The molecule has 0 bridgehead atoms. The quantitative estimate of drug-likeness (QED) is 0.750. The summed E-state index contributed by atoms with van der Waals surface area (Å²) in [5.74, 6) is 1.31. The number of aromatic amines is 1. The zero-order chi connectivity index (χ0) is 12.8. The maximum Gasteiger partial charge on any atom is 0.114 e.